The van der Waals surface area contributed by atoms with E-state index in [-0.39, 0.29) is 18.4 Å². The second kappa shape index (κ2) is 7.68. The molecule has 25 heavy (non-hydrogen) atoms. The molecule has 1 fully saturated rings. The normalized spacial score (nSPS) is 20.4. The number of morpholine rings is 1. The number of amides is 2. The zero-order valence-electron chi connectivity index (χ0n) is 13.8. The Balaban J connectivity index is 1.78. The molecule has 130 valence electrons. The lowest BCUT2D eigenvalue weighted by molar-refractivity contribution is -0.162. The summed E-state index contributed by atoms with van der Waals surface area (Å²) in [6, 6.07) is 16.2. The van der Waals surface area contributed by atoms with E-state index in [9.17, 15) is 9.59 Å². The molecule has 2 aromatic carbocycles. The second-order valence-electron chi connectivity index (χ2n) is 5.94. The van der Waals surface area contributed by atoms with Crippen LogP contribution >= 0.6 is 11.6 Å². The Hall–Kier alpha value is -2.37. The van der Waals surface area contributed by atoms with Gasteiger partial charge in [0.25, 0.3) is 5.91 Å². The fraction of sp³-hybridized carbons (Fsp3) is 0.263. The average molecular weight is 359 g/mol. The number of benzene rings is 2. The minimum absolute atomic E-state index is 0.107. The first kappa shape index (κ1) is 17.5. The molecule has 0 spiro atoms. The molecule has 1 aliphatic rings. The number of nitrogens with one attached hydrogen (secondary N) is 1. The maximum atomic E-state index is 12.7. The Morgan fingerprint density at radius 2 is 1.88 bits per heavy atom. The fourth-order valence-corrected chi connectivity index (χ4v) is 3.00. The van der Waals surface area contributed by atoms with Crippen molar-refractivity contribution in [2.45, 2.75) is 18.7 Å². The zero-order chi connectivity index (χ0) is 17.8. The van der Waals surface area contributed by atoms with Crippen molar-refractivity contribution in [3.63, 3.8) is 0 Å². The van der Waals surface area contributed by atoms with Crippen molar-refractivity contribution in [1.82, 2.24) is 10.2 Å². The minimum Gasteiger partial charge on any atom is -0.356 e. The minimum atomic E-state index is -0.771. The number of carbonyl (C=O) groups is 2. The van der Waals surface area contributed by atoms with Crippen molar-refractivity contribution < 1.29 is 14.3 Å². The highest BCUT2D eigenvalue weighted by atomic mass is 35.5. The van der Waals surface area contributed by atoms with E-state index in [1.807, 2.05) is 42.5 Å². The standard InChI is InChI=1S/C19H19ClN2O3/c1-22-16(23)12-25-18(17(22)14-7-9-15(20)10-8-14)19(24)21-11-13-5-3-2-4-6-13/h2-10,17-18H,11-12H2,1H3,(H,21,24)/t17-,18-/m1/s1. The van der Waals surface area contributed by atoms with E-state index in [0.717, 1.165) is 11.1 Å². The van der Waals surface area contributed by atoms with Crippen LogP contribution in [0.1, 0.15) is 17.2 Å². The maximum absolute atomic E-state index is 12.7. The van der Waals surface area contributed by atoms with Crippen LogP contribution in [0.4, 0.5) is 0 Å². The lowest BCUT2D eigenvalue weighted by Gasteiger charge is -2.38. The van der Waals surface area contributed by atoms with E-state index >= 15 is 0 Å². The smallest absolute Gasteiger partial charge is 0.251 e. The Morgan fingerprint density at radius 3 is 2.56 bits per heavy atom. The first-order valence-corrected chi connectivity index (χ1v) is 8.38. The second-order valence-corrected chi connectivity index (χ2v) is 6.37. The van der Waals surface area contributed by atoms with E-state index in [2.05, 4.69) is 5.32 Å². The molecule has 1 heterocycles. The lowest BCUT2D eigenvalue weighted by Crippen LogP contribution is -2.52. The summed E-state index contributed by atoms with van der Waals surface area (Å²) in [5, 5.41) is 3.48. The van der Waals surface area contributed by atoms with Gasteiger partial charge in [0.05, 0.1) is 6.04 Å². The monoisotopic (exact) mass is 358 g/mol. The molecule has 5 nitrogen and oxygen atoms in total. The van der Waals surface area contributed by atoms with Crippen LogP contribution in [-0.4, -0.2) is 36.5 Å². The van der Waals surface area contributed by atoms with Crippen molar-refractivity contribution in [3.8, 4) is 0 Å². The third kappa shape index (κ3) is 4.00. The van der Waals surface area contributed by atoms with Gasteiger partial charge < -0.3 is 15.0 Å². The van der Waals surface area contributed by atoms with Crippen molar-refractivity contribution in [1.29, 1.82) is 0 Å². The number of halogens is 1. The Kier molecular flexibility index (Phi) is 5.36. The van der Waals surface area contributed by atoms with Crippen LogP contribution in [0.15, 0.2) is 54.6 Å². The summed E-state index contributed by atoms with van der Waals surface area (Å²) in [5.41, 5.74) is 1.80. The largest absolute Gasteiger partial charge is 0.356 e. The number of carbonyl (C=O) groups excluding carboxylic acids is 2. The van der Waals surface area contributed by atoms with Gasteiger partial charge in [-0.15, -0.1) is 0 Å². The molecule has 2 atom stereocenters. The van der Waals surface area contributed by atoms with Gasteiger partial charge in [0, 0.05) is 18.6 Å². The average Bonchev–Trinajstić information content (AvgIpc) is 2.63. The molecule has 1 saturated heterocycles. The number of nitrogens with zero attached hydrogens (tertiary/aromatic N) is 1. The van der Waals surface area contributed by atoms with Gasteiger partial charge in [-0.1, -0.05) is 54.1 Å². The van der Waals surface area contributed by atoms with Gasteiger partial charge in [0.15, 0.2) is 6.10 Å². The van der Waals surface area contributed by atoms with Crippen LogP contribution in [0.2, 0.25) is 5.02 Å². The summed E-state index contributed by atoms with van der Waals surface area (Å²) in [6.45, 7) is 0.300. The molecule has 2 amide bonds. The molecule has 0 radical (unpaired) electrons. The van der Waals surface area contributed by atoms with Crippen LogP contribution in [0.3, 0.4) is 0 Å². The molecular formula is C19H19ClN2O3. The van der Waals surface area contributed by atoms with Gasteiger partial charge in [0.1, 0.15) is 6.61 Å². The van der Waals surface area contributed by atoms with Crippen LogP contribution in [0.5, 0.6) is 0 Å². The molecule has 0 aromatic heterocycles. The number of likely N-dealkylation sites (N-methyl/N-ethyl adjacent to an activating group) is 1. The van der Waals surface area contributed by atoms with Crippen LogP contribution in [-0.2, 0) is 20.9 Å². The van der Waals surface area contributed by atoms with Gasteiger partial charge in [-0.05, 0) is 23.3 Å². The first-order valence-electron chi connectivity index (χ1n) is 8.00. The molecule has 2 aromatic rings. The van der Waals surface area contributed by atoms with E-state index in [1.54, 1.807) is 24.1 Å². The SMILES string of the molecule is CN1C(=O)CO[C@@H](C(=O)NCc2ccccc2)[C@H]1c1ccc(Cl)cc1. The quantitative estimate of drug-likeness (QED) is 0.913. The van der Waals surface area contributed by atoms with Gasteiger partial charge in [-0.3, -0.25) is 9.59 Å². The van der Waals surface area contributed by atoms with E-state index in [4.69, 9.17) is 16.3 Å². The maximum Gasteiger partial charge on any atom is 0.251 e. The lowest BCUT2D eigenvalue weighted by atomic mass is 9.97. The highest BCUT2D eigenvalue weighted by molar-refractivity contribution is 6.30. The highest BCUT2D eigenvalue weighted by Gasteiger charge is 2.39. The van der Waals surface area contributed by atoms with Crippen LogP contribution in [0.25, 0.3) is 0 Å². The van der Waals surface area contributed by atoms with Crippen LogP contribution in [0, 0.1) is 0 Å². The molecule has 0 saturated carbocycles. The predicted octanol–water partition coefficient (Wildman–Crippen LogP) is 2.55. The molecular weight excluding hydrogens is 340 g/mol. The summed E-state index contributed by atoms with van der Waals surface area (Å²) < 4.78 is 5.57. The van der Waals surface area contributed by atoms with Crippen LogP contribution < -0.4 is 5.32 Å². The van der Waals surface area contributed by atoms with E-state index < -0.39 is 12.1 Å². The van der Waals surface area contributed by atoms with Gasteiger partial charge in [-0.2, -0.15) is 0 Å². The summed E-state index contributed by atoms with van der Waals surface area (Å²) in [6.07, 6.45) is -0.771. The van der Waals surface area contributed by atoms with Crippen molar-refractivity contribution in [3.05, 3.63) is 70.7 Å². The third-order valence-corrected chi connectivity index (χ3v) is 4.52. The Bertz CT molecular complexity index is 749. The molecule has 0 bridgehead atoms. The number of hydrogen-bond acceptors (Lipinski definition) is 3. The van der Waals surface area contributed by atoms with Gasteiger partial charge in [-0.25, -0.2) is 0 Å². The molecule has 1 aliphatic heterocycles. The zero-order valence-corrected chi connectivity index (χ0v) is 14.6. The van der Waals surface area contributed by atoms with E-state index in [0.29, 0.717) is 11.6 Å². The molecule has 1 N–H and O–H groups in total. The summed E-state index contributed by atoms with van der Waals surface area (Å²) >= 11 is 5.94. The fourth-order valence-electron chi connectivity index (χ4n) is 2.88. The molecule has 6 heteroatoms. The summed E-state index contributed by atoms with van der Waals surface area (Å²) in [5.74, 6) is -0.407. The van der Waals surface area contributed by atoms with Gasteiger partial charge >= 0.3 is 0 Å². The molecule has 0 aliphatic carbocycles. The Labute approximate surface area is 151 Å². The number of hydrogen-bond donors (Lipinski definition) is 1. The topological polar surface area (TPSA) is 58.6 Å². The first-order chi connectivity index (χ1) is 12.1. The number of ether oxygens (including phenoxy) is 1. The third-order valence-electron chi connectivity index (χ3n) is 4.26. The predicted molar refractivity (Wildman–Crippen MR) is 95.0 cm³/mol. The summed E-state index contributed by atoms with van der Waals surface area (Å²) in [4.78, 5) is 26.3. The van der Waals surface area contributed by atoms with Crippen molar-refractivity contribution in [2.24, 2.45) is 0 Å². The number of rotatable bonds is 4. The molecule has 0 unspecified atom stereocenters. The summed E-state index contributed by atoms with van der Waals surface area (Å²) in [7, 11) is 1.68. The highest BCUT2D eigenvalue weighted by Crippen LogP contribution is 2.30. The van der Waals surface area contributed by atoms with Crippen molar-refractivity contribution in [2.75, 3.05) is 13.7 Å². The van der Waals surface area contributed by atoms with Gasteiger partial charge in [0.2, 0.25) is 5.91 Å². The van der Waals surface area contributed by atoms with E-state index in [1.165, 1.54) is 0 Å². The van der Waals surface area contributed by atoms with Crippen molar-refractivity contribution >= 4 is 23.4 Å². The molecule has 3 rings (SSSR count). The Morgan fingerprint density at radius 1 is 1.20 bits per heavy atom.